The average molecular weight is 292 g/mol. The lowest BCUT2D eigenvalue weighted by atomic mass is 9.89. The maximum Gasteiger partial charge on any atom is 0.223 e. The number of aromatic nitrogens is 3. The Morgan fingerprint density at radius 3 is 3.00 bits per heavy atom. The van der Waals surface area contributed by atoms with Gasteiger partial charge in [-0.3, -0.25) is 4.79 Å². The lowest BCUT2D eigenvalue weighted by molar-refractivity contribution is -0.125. The molecule has 0 unspecified atom stereocenters. The zero-order valence-corrected chi connectivity index (χ0v) is 12.6. The zero-order valence-electron chi connectivity index (χ0n) is 11.8. The van der Waals surface area contributed by atoms with Crippen LogP contribution in [0.15, 0.2) is 6.20 Å². The van der Waals surface area contributed by atoms with E-state index in [1.165, 1.54) is 19.3 Å². The van der Waals surface area contributed by atoms with Crippen LogP contribution in [0.1, 0.15) is 42.8 Å². The lowest BCUT2D eigenvalue weighted by Crippen LogP contribution is -2.33. The number of imidazole rings is 1. The van der Waals surface area contributed by atoms with Gasteiger partial charge in [0.05, 0.1) is 11.9 Å². The molecule has 1 amide bonds. The predicted octanol–water partition coefficient (Wildman–Crippen LogP) is 2.34. The van der Waals surface area contributed by atoms with Gasteiger partial charge in [-0.1, -0.05) is 30.6 Å². The molecule has 2 aromatic heterocycles. The number of fused-ring (bicyclic) bond motifs is 1. The molecular weight excluding hydrogens is 272 g/mol. The number of nitrogens with zero attached hydrogens (tertiary/aromatic N) is 3. The normalized spacial score (nSPS) is 16.6. The topological polar surface area (TPSA) is 59.3 Å². The van der Waals surface area contributed by atoms with E-state index in [0.29, 0.717) is 6.54 Å². The Labute approximate surface area is 122 Å². The van der Waals surface area contributed by atoms with Crippen LogP contribution < -0.4 is 5.32 Å². The minimum atomic E-state index is 0.224. The van der Waals surface area contributed by atoms with Crippen molar-refractivity contribution < 1.29 is 4.79 Å². The second-order valence-corrected chi connectivity index (χ2v) is 6.52. The third kappa shape index (κ3) is 3.00. The molecule has 1 N–H and O–H groups in total. The highest BCUT2D eigenvalue weighted by Gasteiger charge is 2.20. The first-order chi connectivity index (χ1) is 9.72. The molecule has 1 fully saturated rings. The summed E-state index contributed by atoms with van der Waals surface area (Å²) in [6, 6.07) is 0. The van der Waals surface area contributed by atoms with Gasteiger partial charge in [0.1, 0.15) is 5.01 Å². The third-order valence-electron chi connectivity index (χ3n) is 3.82. The van der Waals surface area contributed by atoms with Gasteiger partial charge in [-0.05, 0) is 19.8 Å². The van der Waals surface area contributed by atoms with Crippen LogP contribution in [0, 0.1) is 12.8 Å². The molecule has 0 aliphatic heterocycles. The van der Waals surface area contributed by atoms with Gasteiger partial charge in [-0.2, -0.15) is 5.10 Å². The SMILES string of the molecule is Cc1cn2nc(CCNC(=O)C3CCCCC3)sc2n1. The third-order valence-corrected chi connectivity index (χ3v) is 4.80. The summed E-state index contributed by atoms with van der Waals surface area (Å²) in [4.78, 5) is 17.3. The molecule has 0 atom stereocenters. The maximum atomic E-state index is 12.0. The van der Waals surface area contributed by atoms with Crippen molar-refractivity contribution in [2.45, 2.75) is 45.4 Å². The summed E-state index contributed by atoms with van der Waals surface area (Å²) in [6.45, 7) is 2.64. The molecule has 108 valence electrons. The predicted molar refractivity (Wildman–Crippen MR) is 78.9 cm³/mol. The maximum absolute atomic E-state index is 12.0. The Kier molecular flexibility index (Phi) is 4.00. The lowest BCUT2D eigenvalue weighted by Gasteiger charge is -2.20. The molecule has 20 heavy (non-hydrogen) atoms. The molecule has 5 nitrogen and oxygen atoms in total. The Hall–Kier alpha value is -1.43. The molecule has 0 aromatic carbocycles. The number of aryl methyl sites for hydroxylation is 1. The van der Waals surface area contributed by atoms with Crippen molar-refractivity contribution in [2.24, 2.45) is 5.92 Å². The van der Waals surface area contributed by atoms with E-state index >= 15 is 0 Å². The van der Waals surface area contributed by atoms with E-state index in [1.807, 2.05) is 17.6 Å². The second-order valence-electron chi connectivity index (χ2n) is 5.48. The Morgan fingerprint density at radius 2 is 2.25 bits per heavy atom. The highest BCUT2D eigenvalue weighted by molar-refractivity contribution is 7.16. The molecule has 1 aliphatic rings. The number of amides is 1. The van der Waals surface area contributed by atoms with E-state index < -0.39 is 0 Å². The van der Waals surface area contributed by atoms with Crippen molar-refractivity contribution in [3.63, 3.8) is 0 Å². The van der Waals surface area contributed by atoms with Crippen LogP contribution in [0.2, 0.25) is 0 Å². The fourth-order valence-electron chi connectivity index (χ4n) is 2.75. The van der Waals surface area contributed by atoms with Crippen LogP contribution in [0.3, 0.4) is 0 Å². The van der Waals surface area contributed by atoms with Crippen molar-refractivity contribution in [3.05, 3.63) is 16.9 Å². The van der Waals surface area contributed by atoms with Crippen molar-refractivity contribution in [2.75, 3.05) is 6.54 Å². The first-order valence-electron chi connectivity index (χ1n) is 7.32. The highest BCUT2D eigenvalue weighted by Crippen LogP contribution is 2.23. The molecule has 6 heteroatoms. The second kappa shape index (κ2) is 5.91. The standard InChI is InChI=1S/C14H20N4OS/c1-10-9-18-14(16-10)20-12(17-18)7-8-15-13(19)11-5-3-2-4-6-11/h9,11H,2-8H2,1H3,(H,15,19). The van der Waals surface area contributed by atoms with Gasteiger partial charge < -0.3 is 5.32 Å². The van der Waals surface area contributed by atoms with Crippen molar-refractivity contribution in [1.82, 2.24) is 19.9 Å². The molecule has 1 aliphatic carbocycles. The molecule has 3 rings (SSSR count). The summed E-state index contributed by atoms with van der Waals surface area (Å²) in [5, 5.41) is 8.54. The van der Waals surface area contributed by atoms with Gasteiger partial charge in [0.2, 0.25) is 10.9 Å². The van der Waals surface area contributed by atoms with E-state index in [-0.39, 0.29) is 11.8 Å². The minimum Gasteiger partial charge on any atom is -0.355 e. The molecule has 1 saturated carbocycles. The number of carbonyl (C=O) groups excluding carboxylic acids is 1. The molecule has 0 spiro atoms. The molecule has 0 saturated heterocycles. The van der Waals surface area contributed by atoms with Crippen LogP contribution in [0.5, 0.6) is 0 Å². The van der Waals surface area contributed by atoms with E-state index in [1.54, 1.807) is 11.3 Å². The quantitative estimate of drug-likeness (QED) is 0.941. The molecule has 0 bridgehead atoms. The van der Waals surface area contributed by atoms with Crippen LogP contribution in [0.25, 0.3) is 4.96 Å². The summed E-state index contributed by atoms with van der Waals surface area (Å²) >= 11 is 1.59. The van der Waals surface area contributed by atoms with Gasteiger partial charge in [-0.15, -0.1) is 0 Å². The van der Waals surface area contributed by atoms with Gasteiger partial charge in [0.25, 0.3) is 0 Å². The molecular formula is C14H20N4OS. The van der Waals surface area contributed by atoms with Crippen molar-refractivity contribution >= 4 is 22.2 Å². The smallest absolute Gasteiger partial charge is 0.223 e. The Balaban J connectivity index is 1.49. The largest absolute Gasteiger partial charge is 0.355 e. The summed E-state index contributed by atoms with van der Waals surface area (Å²) in [5.41, 5.74) is 0.987. The summed E-state index contributed by atoms with van der Waals surface area (Å²) in [5.74, 6) is 0.460. The highest BCUT2D eigenvalue weighted by atomic mass is 32.1. The first kappa shape index (κ1) is 13.5. The molecule has 0 radical (unpaired) electrons. The fraction of sp³-hybridized carbons (Fsp3) is 0.643. The van der Waals surface area contributed by atoms with E-state index in [9.17, 15) is 4.79 Å². The van der Waals surface area contributed by atoms with E-state index in [2.05, 4.69) is 15.4 Å². The average Bonchev–Trinajstić information content (AvgIpc) is 2.96. The minimum absolute atomic E-state index is 0.224. The Bertz CT molecular complexity index is 566. The van der Waals surface area contributed by atoms with Gasteiger partial charge in [-0.25, -0.2) is 9.50 Å². The monoisotopic (exact) mass is 292 g/mol. The Morgan fingerprint density at radius 1 is 1.45 bits per heavy atom. The number of nitrogens with one attached hydrogen (secondary N) is 1. The first-order valence-corrected chi connectivity index (χ1v) is 8.13. The summed E-state index contributed by atoms with van der Waals surface area (Å²) in [6.07, 6.45) is 8.48. The summed E-state index contributed by atoms with van der Waals surface area (Å²) < 4.78 is 1.82. The van der Waals surface area contributed by atoms with Gasteiger partial charge in [0.15, 0.2) is 0 Å². The number of hydrogen-bond acceptors (Lipinski definition) is 4. The zero-order chi connectivity index (χ0) is 13.9. The van der Waals surface area contributed by atoms with Crippen molar-refractivity contribution in [1.29, 1.82) is 0 Å². The fourth-order valence-corrected chi connectivity index (χ4v) is 3.67. The van der Waals surface area contributed by atoms with Crippen LogP contribution in [-0.4, -0.2) is 27.0 Å². The van der Waals surface area contributed by atoms with Crippen LogP contribution in [-0.2, 0) is 11.2 Å². The van der Waals surface area contributed by atoms with Crippen LogP contribution in [0.4, 0.5) is 0 Å². The number of rotatable bonds is 4. The van der Waals surface area contributed by atoms with Crippen molar-refractivity contribution in [3.8, 4) is 0 Å². The van der Waals surface area contributed by atoms with E-state index in [0.717, 1.165) is 34.9 Å². The van der Waals surface area contributed by atoms with E-state index in [4.69, 9.17) is 0 Å². The molecule has 2 heterocycles. The summed E-state index contributed by atoms with van der Waals surface area (Å²) in [7, 11) is 0. The van der Waals surface area contributed by atoms with Gasteiger partial charge >= 0.3 is 0 Å². The van der Waals surface area contributed by atoms with Gasteiger partial charge in [0, 0.05) is 18.9 Å². The number of hydrogen-bond donors (Lipinski definition) is 1. The number of carbonyl (C=O) groups is 1. The molecule has 2 aromatic rings. The van der Waals surface area contributed by atoms with Crippen LogP contribution >= 0.6 is 11.3 Å².